The topological polar surface area (TPSA) is 101 Å². The van der Waals surface area contributed by atoms with Crippen LogP contribution in [0.15, 0.2) is 0 Å². The fourth-order valence-electron chi connectivity index (χ4n) is 4.63. The highest BCUT2D eigenvalue weighted by molar-refractivity contribution is 7.86. The molecular weight excluding hydrogens is 352 g/mol. The van der Waals surface area contributed by atoms with Gasteiger partial charge in [-0.05, 0) is 61.2 Å². The predicted molar refractivity (Wildman–Crippen MR) is 93.1 cm³/mol. The summed E-state index contributed by atoms with van der Waals surface area (Å²) in [7, 11) is -4.16. The fourth-order valence-corrected chi connectivity index (χ4v) is 6.37. The van der Waals surface area contributed by atoms with Crippen LogP contribution in [-0.4, -0.2) is 33.1 Å². The molecule has 2 aliphatic carbocycles. The lowest BCUT2D eigenvalue weighted by Crippen LogP contribution is -2.48. The predicted octanol–water partition coefficient (Wildman–Crippen LogP) is 3.13. The molecule has 2 N–H and O–H groups in total. The van der Waals surface area contributed by atoms with E-state index in [0.717, 1.165) is 6.42 Å². The standard InChI is InChI=1S/C16H30O6S2/c1-9-5-13(15(7-11(9)3)22-23(17)18)14-6-10(2)12(4)8-16(14)24(19,20)21/h9-16H,5-8H2,1-4H3,(H,17,18)(H,19,20,21). The summed E-state index contributed by atoms with van der Waals surface area (Å²) in [6.45, 7) is 8.33. The molecule has 0 aromatic heterocycles. The summed E-state index contributed by atoms with van der Waals surface area (Å²) in [5.41, 5.74) is 0. The van der Waals surface area contributed by atoms with Crippen molar-refractivity contribution in [3.8, 4) is 0 Å². The SMILES string of the molecule is CC1CC(OS(=O)O)C(C2CC(C)C(C)CC2S(=O)(=O)O)CC1C. The van der Waals surface area contributed by atoms with E-state index >= 15 is 0 Å². The molecule has 2 rings (SSSR count). The third kappa shape index (κ3) is 4.58. The molecule has 9 atom stereocenters. The number of hydrogen-bond donors (Lipinski definition) is 2. The molecule has 142 valence electrons. The molecule has 2 aliphatic rings. The molecule has 0 aromatic carbocycles. The van der Waals surface area contributed by atoms with Crippen molar-refractivity contribution in [1.29, 1.82) is 0 Å². The minimum absolute atomic E-state index is 0.130. The van der Waals surface area contributed by atoms with Crippen LogP contribution in [0.4, 0.5) is 0 Å². The van der Waals surface area contributed by atoms with E-state index in [-0.39, 0.29) is 17.8 Å². The van der Waals surface area contributed by atoms with Crippen molar-refractivity contribution in [3.05, 3.63) is 0 Å². The van der Waals surface area contributed by atoms with Crippen LogP contribution in [0.1, 0.15) is 53.4 Å². The van der Waals surface area contributed by atoms with Crippen molar-refractivity contribution in [2.45, 2.75) is 64.7 Å². The second kappa shape index (κ2) is 7.70. The van der Waals surface area contributed by atoms with Gasteiger partial charge in [-0.3, -0.25) is 13.3 Å². The first-order valence-corrected chi connectivity index (χ1v) is 11.3. The summed E-state index contributed by atoms with van der Waals surface area (Å²) >= 11 is -2.37. The van der Waals surface area contributed by atoms with E-state index < -0.39 is 32.8 Å². The van der Waals surface area contributed by atoms with Crippen LogP contribution in [0, 0.1) is 35.5 Å². The smallest absolute Gasteiger partial charge is 0.285 e. The van der Waals surface area contributed by atoms with Crippen LogP contribution < -0.4 is 0 Å². The lowest BCUT2D eigenvalue weighted by Gasteiger charge is -2.47. The van der Waals surface area contributed by atoms with Crippen LogP contribution in [0.3, 0.4) is 0 Å². The van der Waals surface area contributed by atoms with E-state index in [2.05, 4.69) is 20.8 Å². The average molecular weight is 383 g/mol. The fraction of sp³-hybridized carbons (Fsp3) is 1.00. The van der Waals surface area contributed by atoms with Gasteiger partial charge in [-0.25, -0.2) is 0 Å². The Hall–Kier alpha value is -0.0200. The summed E-state index contributed by atoms with van der Waals surface area (Å²) in [5.74, 6) is 0.934. The van der Waals surface area contributed by atoms with Gasteiger partial charge in [-0.2, -0.15) is 12.6 Å². The second-order valence-corrected chi connectivity index (χ2v) is 10.3. The largest absolute Gasteiger partial charge is 0.302 e. The molecule has 24 heavy (non-hydrogen) atoms. The Morgan fingerprint density at radius 3 is 1.83 bits per heavy atom. The van der Waals surface area contributed by atoms with Gasteiger partial charge in [0.15, 0.2) is 0 Å². The molecule has 0 spiro atoms. The Morgan fingerprint density at radius 1 is 0.875 bits per heavy atom. The first kappa shape index (κ1) is 20.3. The first-order chi connectivity index (χ1) is 11.0. The highest BCUT2D eigenvalue weighted by atomic mass is 32.2. The van der Waals surface area contributed by atoms with Gasteiger partial charge in [0.25, 0.3) is 10.1 Å². The van der Waals surface area contributed by atoms with Crippen LogP contribution in [-0.2, 0) is 25.7 Å². The maximum absolute atomic E-state index is 12.0. The zero-order chi connectivity index (χ0) is 18.2. The molecule has 0 saturated heterocycles. The second-order valence-electron chi connectivity index (χ2n) is 8.08. The van der Waals surface area contributed by atoms with Gasteiger partial charge >= 0.3 is 11.4 Å². The molecule has 2 saturated carbocycles. The van der Waals surface area contributed by atoms with Crippen LogP contribution in [0.25, 0.3) is 0 Å². The minimum atomic E-state index is -4.16. The van der Waals surface area contributed by atoms with E-state index in [0.29, 0.717) is 37.0 Å². The molecule has 0 amide bonds. The minimum Gasteiger partial charge on any atom is -0.285 e. The molecule has 0 bridgehead atoms. The molecule has 0 aromatic rings. The highest BCUT2D eigenvalue weighted by Gasteiger charge is 2.48. The van der Waals surface area contributed by atoms with Gasteiger partial charge in [-0.15, -0.1) is 0 Å². The summed E-state index contributed by atoms with van der Waals surface area (Å²) in [6.07, 6.45) is 2.06. The molecule has 0 aliphatic heterocycles. The van der Waals surface area contributed by atoms with E-state index in [1.165, 1.54) is 0 Å². The molecule has 0 heterocycles. The van der Waals surface area contributed by atoms with Crippen molar-refractivity contribution in [2.24, 2.45) is 35.5 Å². The summed E-state index contributed by atoms with van der Waals surface area (Å²) in [5, 5.41) is -0.812. The van der Waals surface area contributed by atoms with Crippen molar-refractivity contribution in [2.75, 3.05) is 0 Å². The molecule has 2 fully saturated rings. The van der Waals surface area contributed by atoms with E-state index in [9.17, 15) is 21.7 Å². The summed E-state index contributed by atoms with van der Waals surface area (Å²) in [6, 6.07) is 0. The van der Waals surface area contributed by atoms with Gasteiger partial charge in [-0.1, -0.05) is 27.7 Å². The molecule has 0 radical (unpaired) electrons. The lowest BCUT2D eigenvalue weighted by molar-refractivity contribution is -0.00367. The summed E-state index contributed by atoms with van der Waals surface area (Å²) in [4.78, 5) is 0. The van der Waals surface area contributed by atoms with E-state index in [1.54, 1.807) is 0 Å². The Morgan fingerprint density at radius 2 is 1.33 bits per heavy atom. The van der Waals surface area contributed by atoms with Crippen molar-refractivity contribution in [1.82, 2.24) is 0 Å². The number of hydrogen-bond acceptors (Lipinski definition) is 4. The van der Waals surface area contributed by atoms with Crippen molar-refractivity contribution in [3.63, 3.8) is 0 Å². The molecule has 8 heteroatoms. The van der Waals surface area contributed by atoms with Gasteiger partial charge in [0, 0.05) is 0 Å². The first-order valence-electron chi connectivity index (χ1n) is 8.75. The van der Waals surface area contributed by atoms with Crippen LogP contribution in [0.5, 0.6) is 0 Å². The normalized spacial score (nSPS) is 45.8. The van der Waals surface area contributed by atoms with E-state index in [4.69, 9.17) is 4.18 Å². The average Bonchev–Trinajstić information content (AvgIpc) is 2.43. The van der Waals surface area contributed by atoms with Gasteiger partial charge in [0.2, 0.25) is 0 Å². The van der Waals surface area contributed by atoms with Gasteiger partial charge in [0.05, 0.1) is 11.4 Å². The Balaban J connectivity index is 2.32. The third-order valence-corrected chi connectivity index (χ3v) is 8.25. The quantitative estimate of drug-likeness (QED) is 0.572. The highest BCUT2D eigenvalue weighted by Crippen LogP contribution is 2.47. The molecule has 6 nitrogen and oxygen atoms in total. The zero-order valence-electron chi connectivity index (χ0n) is 14.8. The van der Waals surface area contributed by atoms with Crippen LogP contribution in [0.2, 0.25) is 0 Å². The zero-order valence-corrected chi connectivity index (χ0v) is 16.4. The van der Waals surface area contributed by atoms with Gasteiger partial charge < -0.3 is 0 Å². The monoisotopic (exact) mass is 382 g/mol. The van der Waals surface area contributed by atoms with Crippen molar-refractivity contribution < 1.29 is 25.9 Å². The molecule has 9 unspecified atom stereocenters. The van der Waals surface area contributed by atoms with Gasteiger partial charge in [0.1, 0.15) is 0 Å². The van der Waals surface area contributed by atoms with Crippen LogP contribution >= 0.6 is 0 Å². The maximum atomic E-state index is 12.0. The Labute approximate surface area is 148 Å². The Bertz CT molecular complexity index is 563. The maximum Gasteiger partial charge on any atom is 0.302 e. The van der Waals surface area contributed by atoms with E-state index in [1.807, 2.05) is 6.92 Å². The Kier molecular flexibility index (Phi) is 6.51. The lowest BCUT2D eigenvalue weighted by atomic mass is 9.63. The van der Waals surface area contributed by atoms with Crippen molar-refractivity contribution >= 4 is 21.5 Å². The third-order valence-electron chi connectivity index (χ3n) is 6.53. The molecular formula is C16H30O6S2. The summed E-state index contributed by atoms with van der Waals surface area (Å²) < 4.78 is 59.3. The number of rotatable bonds is 4.